The van der Waals surface area contributed by atoms with Crippen molar-refractivity contribution in [3.8, 4) is 0 Å². The van der Waals surface area contributed by atoms with E-state index in [0.717, 1.165) is 0 Å². The molecule has 2 heterocycles. The van der Waals surface area contributed by atoms with Crippen LogP contribution in [0, 0.1) is 0 Å². The first-order valence-electron chi connectivity index (χ1n) is 3.70. The molecule has 0 saturated carbocycles. The Kier molecular flexibility index (Phi) is 1.66. The molecule has 2 aromatic rings. The molecule has 0 spiro atoms. The van der Waals surface area contributed by atoms with Crippen molar-refractivity contribution in [3.63, 3.8) is 0 Å². The highest BCUT2D eigenvalue weighted by molar-refractivity contribution is 5.81. The van der Waals surface area contributed by atoms with Gasteiger partial charge in [0.25, 0.3) is 0 Å². The molecule has 0 bridgehead atoms. The predicted molar refractivity (Wildman–Crippen MR) is 47.5 cm³/mol. The fourth-order valence-corrected chi connectivity index (χ4v) is 1.06. The second-order valence-electron chi connectivity index (χ2n) is 2.39. The van der Waals surface area contributed by atoms with E-state index >= 15 is 0 Å². The maximum atomic E-state index is 11.0. The fourth-order valence-electron chi connectivity index (χ4n) is 1.06. The Morgan fingerprint density at radius 3 is 2.92 bits per heavy atom. The number of aromatic amines is 1. The van der Waals surface area contributed by atoms with Crippen LogP contribution in [0.4, 0.5) is 5.82 Å². The molecule has 66 valence electrons. The molecule has 0 saturated heterocycles. The van der Waals surface area contributed by atoms with E-state index in [1.165, 1.54) is 6.20 Å². The SMILES string of the molecule is CNc1nc(=O)[nH]c2nccnc12. The van der Waals surface area contributed by atoms with Crippen molar-refractivity contribution in [3.05, 3.63) is 22.9 Å². The zero-order valence-electron chi connectivity index (χ0n) is 6.90. The summed E-state index contributed by atoms with van der Waals surface area (Å²) >= 11 is 0. The molecular weight excluding hydrogens is 170 g/mol. The van der Waals surface area contributed by atoms with Gasteiger partial charge < -0.3 is 5.32 Å². The van der Waals surface area contributed by atoms with E-state index in [1.807, 2.05) is 0 Å². The first kappa shape index (κ1) is 7.66. The van der Waals surface area contributed by atoms with E-state index in [-0.39, 0.29) is 0 Å². The molecule has 6 heteroatoms. The van der Waals surface area contributed by atoms with Crippen LogP contribution in [-0.2, 0) is 0 Å². The van der Waals surface area contributed by atoms with Gasteiger partial charge in [0, 0.05) is 19.4 Å². The first-order valence-corrected chi connectivity index (χ1v) is 3.70. The lowest BCUT2D eigenvalue weighted by Gasteiger charge is -2.00. The maximum Gasteiger partial charge on any atom is 0.348 e. The zero-order valence-corrected chi connectivity index (χ0v) is 6.90. The number of hydrogen-bond acceptors (Lipinski definition) is 5. The summed E-state index contributed by atoms with van der Waals surface area (Å²) in [6.07, 6.45) is 3.06. The summed E-state index contributed by atoms with van der Waals surface area (Å²) in [4.78, 5) is 25.2. The van der Waals surface area contributed by atoms with Crippen molar-refractivity contribution in [1.82, 2.24) is 19.9 Å². The summed E-state index contributed by atoms with van der Waals surface area (Å²) in [5.74, 6) is 0.437. The zero-order chi connectivity index (χ0) is 9.26. The van der Waals surface area contributed by atoms with E-state index in [4.69, 9.17) is 0 Å². The summed E-state index contributed by atoms with van der Waals surface area (Å²) in [6, 6.07) is 0. The van der Waals surface area contributed by atoms with Gasteiger partial charge in [-0.15, -0.1) is 0 Å². The molecule has 6 nitrogen and oxygen atoms in total. The molecule has 0 aliphatic heterocycles. The van der Waals surface area contributed by atoms with Crippen LogP contribution < -0.4 is 11.0 Å². The number of anilines is 1. The van der Waals surface area contributed by atoms with Crippen LogP contribution in [-0.4, -0.2) is 27.0 Å². The number of nitrogens with one attached hydrogen (secondary N) is 2. The molecule has 0 radical (unpaired) electrons. The van der Waals surface area contributed by atoms with Crippen LogP contribution in [0.25, 0.3) is 11.2 Å². The van der Waals surface area contributed by atoms with Gasteiger partial charge in [0.2, 0.25) is 0 Å². The minimum absolute atomic E-state index is 0.433. The van der Waals surface area contributed by atoms with Crippen molar-refractivity contribution >= 4 is 17.0 Å². The van der Waals surface area contributed by atoms with E-state index < -0.39 is 5.69 Å². The highest BCUT2D eigenvalue weighted by Gasteiger charge is 2.03. The molecule has 0 amide bonds. The summed E-state index contributed by atoms with van der Waals surface area (Å²) in [7, 11) is 1.68. The van der Waals surface area contributed by atoms with Gasteiger partial charge in [0.15, 0.2) is 11.5 Å². The molecule has 0 fully saturated rings. The number of rotatable bonds is 1. The monoisotopic (exact) mass is 177 g/mol. The molecule has 0 aliphatic carbocycles. The van der Waals surface area contributed by atoms with Crippen molar-refractivity contribution in [1.29, 1.82) is 0 Å². The van der Waals surface area contributed by atoms with Crippen LogP contribution in [0.3, 0.4) is 0 Å². The van der Waals surface area contributed by atoms with Gasteiger partial charge in [-0.3, -0.25) is 4.98 Å². The Morgan fingerprint density at radius 1 is 1.38 bits per heavy atom. The van der Waals surface area contributed by atoms with Crippen LogP contribution >= 0.6 is 0 Å². The average molecular weight is 177 g/mol. The molecular formula is C7H7N5O. The minimum Gasteiger partial charge on any atom is -0.371 e. The Labute approximate surface area is 73.1 Å². The molecule has 13 heavy (non-hydrogen) atoms. The van der Waals surface area contributed by atoms with Crippen LogP contribution in [0.5, 0.6) is 0 Å². The number of hydrogen-bond donors (Lipinski definition) is 2. The maximum absolute atomic E-state index is 11.0. The summed E-state index contributed by atoms with van der Waals surface area (Å²) in [6.45, 7) is 0. The van der Waals surface area contributed by atoms with Crippen molar-refractivity contribution in [2.24, 2.45) is 0 Å². The lowest BCUT2D eigenvalue weighted by Crippen LogP contribution is -2.13. The number of fused-ring (bicyclic) bond motifs is 1. The largest absolute Gasteiger partial charge is 0.371 e. The highest BCUT2D eigenvalue weighted by Crippen LogP contribution is 2.10. The fraction of sp³-hybridized carbons (Fsp3) is 0.143. The number of H-pyrrole nitrogens is 1. The summed E-state index contributed by atoms with van der Waals surface area (Å²) in [5, 5.41) is 2.78. The van der Waals surface area contributed by atoms with Gasteiger partial charge in [-0.1, -0.05) is 0 Å². The van der Waals surface area contributed by atoms with Gasteiger partial charge in [-0.2, -0.15) is 4.98 Å². The summed E-state index contributed by atoms with van der Waals surface area (Å²) in [5.41, 5.74) is 0.564. The molecule has 2 N–H and O–H groups in total. The van der Waals surface area contributed by atoms with E-state index in [1.54, 1.807) is 13.2 Å². The van der Waals surface area contributed by atoms with Crippen LogP contribution in [0.1, 0.15) is 0 Å². The first-order chi connectivity index (χ1) is 6.31. The average Bonchev–Trinajstić information content (AvgIpc) is 2.16. The predicted octanol–water partition coefficient (Wildman–Crippen LogP) is -0.245. The summed E-state index contributed by atoms with van der Waals surface area (Å²) < 4.78 is 0. The molecule has 2 rings (SSSR count). The van der Waals surface area contributed by atoms with Gasteiger partial charge >= 0.3 is 5.69 Å². The lowest BCUT2D eigenvalue weighted by atomic mass is 10.4. The third-order valence-corrected chi connectivity index (χ3v) is 1.60. The quantitative estimate of drug-likeness (QED) is 0.627. The normalized spacial score (nSPS) is 10.2. The smallest absolute Gasteiger partial charge is 0.348 e. The van der Waals surface area contributed by atoms with Crippen LogP contribution in [0.2, 0.25) is 0 Å². The standard InChI is InChI=1S/C7H7N5O/c1-8-5-4-6(10-3-2-9-4)12-7(13)11-5/h2-3H,1H3,(H2,8,10,11,12,13). The van der Waals surface area contributed by atoms with Crippen LogP contribution in [0.15, 0.2) is 17.2 Å². The van der Waals surface area contributed by atoms with Gasteiger partial charge in [0.1, 0.15) is 5.52 Å². The van der Waals surface area contributed by atoms with Crippen molar-refractivity contribution in [2.75, 3.05) is 12.4 Å². The molecule has 0 unspecified atom stereocenters. The third-order valence-electron chi connectivity index (χ3n) is 1.60. The Bertz CT molecular complexity index is 491. The van der Waals surface area contributed by atoms with Crippen molar-refractivity contribution in [2.45, 2.75) is 0 Å². The lowest BCUT2D eigenvalue weighted by molar-refractivity contribution is 1.07. The van der Waals surface area contributed by atoms with E-state index in [9.17, 15) is 4.79 Å². The Morgan fingerprint density at radius 2 is 2.15 bits per heavy atom. The topological polar surface area (TPSA) is 83.6 Å². The van der Waals surface area contributed by atoms with Gasteiger partial charge in [-0.05, 0) is 0 Å². The molecule has 2 aromatic heterocycles. The molecule has 0 aromatic carbocycles. The Balaban J connectivity index is 2.89. The third kappa shape index (κ3) is 1.22. The van der Waals surface area contributed by atoms with Gasteiger partial charge in [0.05, 0.1) is 0 Å². The highest BCUT2D eigenvalue weighted by atomic mass is 16.1. The second kappa shape index (κ2) is 2.81. The molecule has 0 aliphatic rings. The number of aromatic nitrogens is 4. The van der Waals surface area contributed by atoms with E-state index in [2.05, 4.69) is 25.3 Å². The van der Waals surface area contributed by atoms with Gasteiger partial charge in [-0.25, -0.2) is 14.8 Å². The number of nitrogens with zero attached hydrogens (tertiary/aromatic N) is 3. The van der Waals surface area contributed by atoms with E-state index in [0.29, 0.717) is 17.0 Å². The molecule has 0 atom stereocenters. The second-order valence-corrected chi connectivity index (χ2v) is 2.39. The minimum atomic E-state index is -0.433. The Hall–Kier alpha value is -1.98. The van der Waals surface area contributed by atoms with Crippen molar-refractivity contribution < 1.29 is 0 Å².